The summed E-state index contributed by atoms with van der Waals surface area (Å²) in [4.78, 5) is 0. The van der Waals surface area contributed by atoms with Crippen LogP contribution >= 0.6 is 11.6 Å². The summed E-state index contributed by atoms with van der Waals surface area (Å²) in [5.41, 5.74) is 1.53. The highest BCUT2D eigenvalue weighted by Gasteiger charge is 2.07. The Morgan fingerprint density at radius 2 is 1.94 bits per heavy atom. The highest BCUT2D eigenvalue weighted by Crippen LogP contribution is 2.28. The maximum atomic E-state index is 9.74. The molecular weight excluding hydrogens is 250 g/mol. The first-order valence-corrected chi connectivity index (χ1v) is 5.93. The molecule has 0 aromatic heterocycles. The number of hydrogen-bond donors (Lipinski definition) is 2. The van der Waals surface area contributed by atoms with E-state index in [9.17, 15) is 5.11 Å². The van der Waals surface area contributed by atoms with Crippen LogP contribution in [0.1, 0.15) is 5.56 Å². The fraction of sp³-hybridized carbons (Fsp3) is 0.143. The Labute approximate surface area is 111 Å². The molecular formula is C14H14ClNO2. The first kappa shape index (κ1) is 12.6. The van der Waals surface area contributed by atoms with Crippen molar-refractivity contribution in [2.75, 3.05) is 12.4 Å². The third-order valence-electron chi connectivity index (χ3n) is 2.66. The summed E-state index contributed by atoms with van der Waals surface area (Å²) in [5, 5.41) is 13.5. The fourth-order valence-electron chi connectivity index (χ4n) is 1.70. The Balaban J connectivity index is 2.16. The Morgan fingerprint density at radius 3 is 2.67 bits per heavy atom. The zero-order chi connectivity index (χ0) is 13.0. The summed E-state index contributed by atoms with van der Waals surface area (Å²) >= 11 is 6.04. The number of anilines is 1. The molecule has 0 unspecified atom stereocenters. The molecule has 2 N–H and O–H groups in total. The minimum atomic E-state index is 0.185. The van der Waals surface area contributed by atoms with Gasteiger partial charge in [-0.1, -0.05) is 29.8 Å². The van der Waals surface area contributed by atoms with Crippen LogP contribution in [0.25, 0.3) is 0 Å². The number of phenolic OH excluding ortho intramolecular Hbond substituents is 1. The van der Waals surface area contributed by atoms with Crippen LogP contribution in [-0.2, 0) is 6.54 Å². The van der Waals surface area contributed by atoms with Gasteiger partial charge in [-0.3, -0.25) is 0 Å². The molecule has 0 saturated carbocycles. The average molecular weight is 264 g/mol. The topological polar surface area (TPSA) is 41.5 Å². The number of rotatable bonds is 4. The van der Waals surface area contributed by atoms with Gasteiger partial charge in [-0.2, -0.15) is 0 Å². The van der Waals surface area contributed by atoms with Gasteiger partial charge in [0.1, 0.15) is 11.5 Å². The second-order valence-corrected chi connectivity index (χ2v) is 4.20. The van der Waals surface area contributed by atoms with E-state index in [1.165, 1.54) is 0 Å². The molecule has 94 valence electrons. The third kappa shape index (κ3) is 2.68. The molecule has 0 amide bonds. The SMILES string of the molecule is COc1ccccc1NCc1c(O)cccc1Cl. The number of phenols is 1. The van der Waals surface area contributed by atoms with Crippen molar-refractivity contribution in [2.45, 2.75) is 6.54 Å². The van der Waals surface area contributed by atoms with Crippen molar-refractivity contribution in [3.8, 4) is 11.5 Å². The highest BCUT2D eigenvalue weighted by molar-refractivity contribution is 6.31. The van der Waals surface area contributed by atoms with Gasteiger partial charge < -0.3 is 15.2 Å². The number of ether oxygens (including phenoxy) is 1. The summed E-state index contributed by atoms with van der Waals surface area (Å²) in [5.74, 6) is 0.939. The van der Waals surface area contributed by atoms with Crippen molar-refractivity contribution < 1.29 is 9.84 Å². The number of methoxy groups -OCH3 is 1. The maximum absolute atomic E-state index is 9.74. The van der Waals surface area contributed by atoms with Crippen molar-refractivity contribution >= 4 is 17.3 Å². The van der Waals surface area contributed by atoms with Crippen molar-refractivity contribution in [3.05, 3.63) is 53.1 Å². The van der Waals surface area contributed by atoms with Crippen molar-refractivity contribution in [1.29, 1.82) is 0 Å². The number of benzene rings is 2. The summed E-state index contributed by atoms with van der Waals surface area (Å²) in [6.45, 7) is 0.436. The van der Waals surface area contributed by atoms with E-state index in [0.717, 1.165) is 11.4 Å². The minimum absolute atomic E-state index is 0.185. The molecule has 2 rings (SSSR count). The summed E-state index contributed by atoms with van der Waals surface area (Å²) in [6, 6.07) is 12.7. The summed E-state index contributed by atoms with van der Waals surface area (Å²) in [7, 11) is 1.62. The molecule has 3 nitrogen and oxygen atoms in total. The molecule has 0 radical (unpaired) electrons. The van der Waals surface area contributed by atoms with Crippen LogP contribution in [0.3, 0.4) is 0 Å². The minimum Gasteiger partial charge on any atom is -0.508 e. The largest absolute Gasteiger partial charge is 0.508 e. The van der Waals surface area contributed by atoms with Crippen LogP contribution in [0.4, 0.5) is 5.69 Å². The molecule has 18 heavy (non-hydrogen) atoms. The summed E-state index contributed by atoms with van der Waals surface area (Å²) in [6.07, 6.45) is 0. The Kier molecular flexibility index (Phi) is 3.95. The Morgan fingerprint density at radius 1 is 1.17 bits per heavy atom. The second kappa shape index (κ2) is 5.65. The summed E-state index contributed by atoms with van der Waals surface area (Å²) < 4.78 is 5.24. The van der Waals surface area contributed by atoms with Crippen LogP contribution in [-0.4, -0.2) is 12.2 Å². The standard InChI is InChI=1S/C14H14ClNO2/c1-18-14-8-3-2-6-12(14)16-9-10-11(15)5-4-7-13(10)17/h2-8,16-17H,9H2,1H3. The molecule has 0 bridgehead atoms. The predicted octanol–water partition coefficient (Wildman–Crippen LogP) is 3.67. The third-order valence-corrected chi connectivity index (χ3v) is 3.01. The molecule has 0 heterocycles. The number of aromatic hydroxyl groups is 1. The Bertz CT molecular complexity index is 523. The molecule has 2 aromatic carbocycles. The number of hydrogen-bond acceptors (Lipinski definition) is 3. The molecule has 0 aliphatic carbocycles. The van der Waals surface area contributed by atoms with Gasteiger partial charge >= 0.3 is 0 Å². The fourth-order valence-corrected chi connectivity index (χ4v) is 1.93. The van der Waals surface area contributed by atoms with Gasteiger partial charge in [0.05, 0.1) is 12.8 Å². The lowest BCUT2D eigenvalue weighted by atomic mass is 10.2. The van der Waals surface area contributed by atoms with E-state index in [1.54, 1.807) is 25.3 Å². The monoisotopic (exact) mass is 263 g/mol. The van der Waals surface area contributed by atoms with Crippen LogP contribution < -0.4 is 10.1 Å². The van der Waals surface area contributed by atoms with E-state index < -0.39 is 0 Å². The maximum Gasteiger partial charge on any atom is 0.141 e. The first-order chi connectivity index (χ1) is 8.72. The molecule has 4 heteroatoms. The zero-order valence-corrected chi connectivity index (χ0v) is 10.7. The lowest BCUT2D eigenvalue weighted by Gasteiger charge is -2.12. The van der Waals surface area contributed by atoms with Gasteiger partial charge in [-0.05, 0) is 24.3 Å². The second-order valence-electron chi connectivity index (χ2n) is 3.79. The lowest BCUT2D eigenvalue weighted by Crippen LogP contribution is -2.02. The van der Waals surface area contributed by atoms with Crippen LogP contribution in [0.5, 0.6) is 11.5 Å². The van der Waals surface area contributed by atoms with E-state index in [-0.39, 0.29) is 5.75 Å². The Hall–Kier alpha value is -1.87. The molecule has 0 aliphatic heterocycles. The first-order valence-electron chi connectivity index (χ1n) is 5.55. The van der Waals surface area contributed by atoms with E-state index in [0.29, 0.717) is 17.1 Å². The average Bonchev–Trinajstić information content (AvgIpc) is 2.38. The molecule has 0 spiro atoms. The molecule has 2 aromatic rings. The zero-order valence-electron chi connectivity index (χ0n) is 9.98. The van der Waals surface area contributed by atoms with Crippen LogP contribution in [0.15, 0.2) is 42.5 Å². The van der Waals surface area contributed by atoms with E-state index in [1.807, 2.05) is 24.3 Å². The molecule has 0 saturated heterocycles. The predicted molar refractivity (Wildman–Crippen MR) is 73.4 cm³/mol. The van der Waals surface area contributed by atoms with Crippen molar-refractivity contribution in [1.82, 2.24) is 0 Å². The quantitative estimate of drug-likeness (QED) is 0.884. The smallest absolute Gasteiger partial charge is 0.141 e. The van der Waals surface area contributed by atoms with Crippen molar-refractivity contribution in [2.24, 2.45) is 0 Å². The van der Waals surface area contributed by atoms with Gasteiger partial charge in [-0.15, -0.1) is 0 Å². The van der Waals surface area contributed by atoms with E-state index >= 15 is 0 Å². The van der Waals surface area contributed by atoms with Gasteiger partial charge in [0.2, 0.25) is 0 Å². The number of para-hydroxylation sites is 2. The number of nitrogens with one attached hydrogen (secondary N) is 1. The molecule has 0 aliphatic rings. The molecule has 0 atom stereocenters. The lowest BCUT2D eigenvalue weighted by molar-refractivity contribution is 0.416. The molecule has 0 fully saturated rings. The van der Waals surface area contributed by atoms with Gasteiger partial charge in [-0.25, -0.2) is 0 Å². The van der Waals surface area contributed by atoms with Crippen LogP contribution in [0, 0.1) is 0 Å². The van der Waals surface area contributed by atoms with E-state index in [4.69, 9.17) is 16.3 Å². The highest BCUT2D eigenvalue weighted by atomic mass is 35.5. The van der Waals surface area contributed by atoms with Gasteiger partial charge in [0.25, 0.3) is 0 Å². The van der Waals surface area contributed by atoms with Gasteiger partial charge in [0, 0.05) is 17.1 Å². The van der Waals surface area contributed by atoms with Crippen LogP contribution in [0.2, 0.25) is 5.02 Å². The number of halogens is 1. The van der Waals surface area contributed by atoms with Gasteiger partial charge in [0.15, 0.2) is 0 Å². The normalized spacial score (nSPS) is 10.1. The van der Waals surface area contributed by atoms with E-state index in [2.05, 4.69) is 5.32 Å². The van der Waals surface area contributed by atoms with Crippen molar-refractivity contribution in [3.63, 3.8) is 0 Å².